The van der Waals surface area contributed by atoms with E-state index < -0.39 is 5.97 Å². The fourth-order valence-electron chi connectivity index (χ4n) is 1.35. The maximum Gasteiger partial charge on any atom is 0.328 e. The Morgan fingerprint density at radius 1 is 1.44 bits per heavy atom. The van der Waals surface area contributed by atoms with Gasteiger partial charge in [0.2, 0.25) is 0 Å². The van der Waals surface area contributed by atoms with Gasteiger partial charge in [0, 0.05) is 6.08 Å². The minimum atomic E-state index is -0.978. The number of methoxy groups -OCH3 is 1. The molecule has 0 radical (unpaired) electrons. The summed E-state index contributed by atoms with van der Waals surface area (Å²) in [7, 11) is 1.56. The monoisotopic (exact) mass is 250 g/mol. The first-order chi connectivity index (χ1) is 8.56. The van der Waals surface area contributed by atoms with E-state index in [0.717, 1.165) is 18.1 Å². The Labute approximate surface area is 107 Å². The molecule has 0 aliphatic carbocycles. The van der Waals surface area contributed by atoms with Crippen molar-refractivity contribution in [2.24, 2.45) is 0 Å². The number of hydrogen-bond donors (Lipinski definition) is 1. The largest absolute Gasteiger partial charge is 0.493 e. The average molecular weight is 250 g/mol. The Bertz CT molecular complexity index is 437. The predicted octanol–water partition coefficient (Wildman–Crippen LogP) is 2.97. The molecule has 0 bridgehead atoms. The first-order valence-corrected chi connectivity index (χ1v) is 5.82. The van der Waals surface area contributed by atoms with Gasteiger partial charge in [-0.2, -0.15) is 0 Å². The van der Waals surface area contributed by atoms with Gasteiger partial charge in [-0.05, 0) is 37.1 Å². The van der Waals surface area contributed by atoms with Gasteiger partial charge in [-0.25, -0.2) is 4.79 Å². The summed E-state index contributed by atoms with van der Waals surface area (Å²) < 4.78 is 10.9. The minimum Gasteiger partial charge on any atom is -0.493 e. The zero-order chi connectivity index (χ0) is 13.5. The zero-order valence-corrected chi connectivity index (χ0v) is 10.8. The number of hydrogen-bond acceptors (Lipinski definition) is 3. The molecule has 0 aliphatic rings. The quantitative estimate of drug-likeness (QED) is 0.788. The maximum atomic E-state index is 10.4. The van der Waals surface area contributed by atoms with E-state index in [0.29, 0.717) is 11.5 Å². The maximum absolute atomic E-state index is 10.4. The first-order valence-electron chi connectivity index (χ1n) is 5.82. The Hall–Kier alpha value is -1.97. The number of benzene rings is 1. The van der Waals surface area contributed by atoms with Gasteiger partial charge in [0.15, 0.2) is 11.5 Å². The van der Waals surface area contributed by atoms with Crippen LogP contribution in [0.1, 0.15) is 25.8 Å². The summed E-state index contributed by atoms with van der Waals surface area (Å²) in [5, 5.41) is 8.56. The van der Waals surface area contributed by atoms with Crippen molar-refractivity contribution in [2.45, 2.75) is 26.4 Å². The van der Waals surface area contributed by atoms with E-state index in [-0.39, 0.29) is 6.10 Å². The molecule has 1 N–H and O–H groups in total. The van der Waals surface area contributed by atoms with Crippen LogP contribution in [0.5, 0.6) is 11.5 Å². The molecule has 18 heavy (non-hydrogen) atoms. The van der Waals surface area contributed by atoms with Crippen LogP contribution in [0.15, 0.2) is 24.3 Å². The number of ether oxygens (including phenoxy) is 2. The van der Waals surface area contributed by atoms with Crippen molar-refractivity contribution < 1.29 is 19.4 Å². The van der Waals surface area contributed by atoms with E-state index >= 15 is 0 Å². The first kappa shape index (κ1) is 14.1. The van der Waals surface area contributed by atoms with Crippen molar-refractivity contribution in [3.05, 3.63) is 29.8 Å². The highest BCUT2D eigenvalue weighted by Gasteiger charge is 2.08. The SMILES string of the molecule is CC[C@H](C)Oc1ccc(/C=C/C(=O)O)cc1OC. The summed E-state index contributed by atoms with van der Waals surface area (Å²) >= 11 is 0. The Morgan fingerprint density at radius 3 is 2.72 bits per heavy atom. The number of carbonyl (C=O) groups is 1. The molecule has 0 amide bonds. The van der Waals surface area contributed by atoms with E-state index in [1.54, 1.807) is 25.3 Å². The fraction of sp³-hybridized carbons (Fsp3) is 0.357. The van der Waals surface area contributed by atoms with Crippen molar-refractivity contribution in [3.8, 4) is 11.5 Å². The van der Waals surface area contributed by atoms with Crippen LogP contribution >= 0.6 is 0 Å². The number of rotatable bonds is 6. The standard InChI is InChI=1S/C14H18O4/c1-4-10(2)18-12-7-5-11(6-8-14(15)16)9-13(12)17-3/h5-10H,4H2,1-3H3,(H,15,16)/b8-6+/t10-/m0/s1. The molecule has 1 atom stereocenters. The molecule has 1 rings (SSSR count). The van der Waals surface area contributed by atoms with Crippen molar-refractivity contribution in [1.29, 1.82) is 0 Å². The zero-order valence-electron chi connectivity index (χ0n) is 10.8. The lowest BCUT2D eigenvalue weighted by Crippen LogP contribution is -2.10. The third-order valence-electron chi connectivity index (χ3n) is 2.51. The highest BCUT2D eigenvalue weighted by Crippen LogP contribution is 2.29. The van der Waals surface area contributed by atoms with E-state index in [2.05, 4.69) is 0 Å². The van der Waals surface area contributed by atoms with Crippen LogP contribution in [0.3, 0.4) is 0 Å². The van der Waals surface area contributed by atoms with Gasteiger partial charge >= 0.3 is 5.97 Å². The van der Waals surface area contributed by atoms with Gasteiger partial charge in [-0.3, -0.25) is 0 Å². The lowest BCUT2D eigenvalue weighted by Gasteiger charge is -2.15. The molecule has 1 aromatic rings. The molecule has 0 saturated carbocycles. The summed E-state index contributed by atoms with van der Waals surface area (Å²) in [6, 6.07) is 5.32. The molecule has 0 spiro atoms. The van der Waals surface area contributed by atoms with Crippen LogP contribution in [0.2, 0.25) is 0 Å². The van der Waals surface area contributed by atoms with Crippen molar-refractivity contribution >= 4 is 12.0 Å². The van der Waals surface area contributed by atoms with Gasteiger partial charge in [0.05, 0.1) is 13.2 Å². The second-order valence-electron chi connectivity index (χ2n) is 3.92. The van der Waals surface area contributed by atoms with Crippen LogP contribution < -0.4 is 9.47 Å². The van der Waals surface area contributed by atoms with E-state index in [1.807, 2.05) is 13.8 Å². The van der Waals surface area contributed by atoms with Gasteiger partial charge in [0.25, 0.3) is 0 Å². The summed E-state index contributed by atoms with van der Waals surface area (Å²) in [6.07, 6.45) is 3.62. The second kappa shape index (κ2) is 6.69. The fourth-order valence-corrected chi connectivity index (χ4v) is 1.35. The molecule has 98 valence electrons. The van der Waals surface area contributed by atoms with Crippen LogP contribution in [-0.4, -0.2) is 24.3 Å². The predicted molar refractivity (Wildman–Crippen MR) is 70.0 cm³/mol. The third-order valence-corrected chi connectivity index (χ3v) is 2.51. The molecule has 0 aromatic heterocycles. The van der Waals surface area contributed by atoms with E-state index in [4.69, 9.17) is 14.6 Å². The van der Waals surface area contributed by atoms with Gasteiger partial charge in [0.1, 0.15) is 0 Å². The molecule has 0 aliphatic heterocycles. The smallest absolute Gasteiger partial charge is 0.328 e. The molecule has 0 saturated heterocycles. The van der Waals surface area contributed by atoms with Crippen molar-refractivity contribution in [1.82, 2.24) is 0 Å². The molecular weight excluding hydrogens is 232 g/mol. The van der Waals surface area contributed by atoms with Gasteiger partial charge in [-0.1, -0.05) is 13.0 Å². The van der Waals surface area contributed by atoms with Crippen molar-refractivity contribution in [2.75, 3.05) is 7.11 Å². The number of carboxylic acids is 1. The number of carboxylic acid groups (broad SMARTS) is 1. The molecule has 0 fully saturated rings. The summed E-state index contributed by atoms with van der Waals surface area (Å²) in [5.74, 6) is 0.288. The molecule has 0 heterocycles. The summed E-state index contributed by atoms with van der Waals surface area (Å²) in [5.41, 5.74) is 0.755. The normalized spacial score (nSPS) is 12.4. The number of aliphatic carboxylic acids is 1. The Kier molecular flexibility index (Phi) is 5.24. The lowest BCUT2D eigenvalue weighted by atomic mass is 10.2. The molecule has 4 heteroatoms. The Balaban J connectivity index is 2.92. The molecule has 0 unspecified atom stereocenters. The summed E-state index contributed by atoms with van der Waals surface area (Å²) in [4.78, 5) is 10.4. The third kappa shape index (κ3) is 4.13. The van der Waals surface area contributed by atoms with Crippen LogP contribution in [-0.2, 0) is 4.79 Å². The van der Waals surface area contributed by atoms with Crippen molar-refractivity contribution in [3.63, 3.8) is 0 Å². The van der Waals surface area contributed by atoms with Crippen LogP contribution in [0.25, 0.3) is 6.08 Å². The molecular formula is C14H18O4. The second-order valence-corrected chi connectivity index (χ2v) is 3.92. The average Bonchev–Trinajstić information content (AvgIpc) is 2.37. The van der Waals surface area contributed by atoms with E-state index in [9.17, 15) is 4.79 Å². The lowest BCUT2D eigenvalue weighted by molar-refractivity contribution is -0.131. The van der Waals surface area contributed by atoms with E-state index in [1.165, 1.54) is 6.08 Å². The van der Waals surface area contributed by atoms with Gasteiger partial charge in [-0.15, -0.1) is 0 Å². The van der Waals surface area contributed by atoms with Crippen LogP contribution in [0.4, 0.5) is 0 Å². The topological polar surface area (TPSA) is 55.8 Å². The molecule has 4 nitrogen and oxygen atoms in total. The van der Waals surface area contributed by atoms with Gasteiger partial charge < -0.3 is 14.6 Å². The minimum absolute atomic E-state index is 0.110. The van der Waals surface area contributed by atoms with Crippen LogP contribution in [0, 0.1) is 0 Å². The summed E-state index contributed by atoms with van der Waals surface area (Å²) in [6.45, 7) is 4.03. The highest BCUT2D eigenvalue weighted by molar-refractivity contribution is 5.85. The molecule has 1 aromatic carbocycles. The Morgan fingerprint density at radius 2 is 2.17 bits per heavy atom. The highest BCUT2D eigenvalue weighted by atomic mass is 16.5.